The van der Waals surface area contributed by atoms with Crippen LogP contribution in [0.25, 0.3) is 0 Å². The van der Waals surface area contributed by atoms with Gasteiger partial charge < -0.3 is 19.2 Å². The number of aromatic nitrogens is 2. The van der Waals surface area contributed by atoms with Crippen LogP contribution < -0.4 is 20.3 Å². The number of ether oxygens (including phenoxy) is 2. The zero-order valence-electron chi connectivity index (χ0n) is 15.7. The predicted molar refractivity (Wildman–Crippen MR) is 101 cm³/mol. The second-order valence-electron chi connectivity index (χ2n) is 6.06. The molecule has 2 heterocycles. The molecule has 0 aliphatic rings. The van der Waals surface area contributed by atoms with Gasteiger partial charge in [0.1, 0.15) is 36.2 Å². The Kier molecular flexibility index (Phi) is 6.11. The summed E-state index contributed by atoms with van der Waals surface area (Å²) in [6, 6.07) is 11.9. The highest BCUT2D eigenvalue weighted by Gasteiger charge is 2.12. The largest absolute Gasteiger partial charge is 0.497 e. The van der Waals surface area contributed by atoms with Gasteiger partial charge in [-0.25, -0.2) is 4.98 Å². The maximum Gasteiger partial charge on any atom is 0.254 e. The average molecular weight is 383 g/mol. The molecule has 0 aliphatic heterocycles. The first-order valence-corrected chi connectivity index (χ1v) is 8.68. The van der Waals surface area contributed by atoms with E-state index >= 15 is 0 Å². The van der Waals surface area contributed by atoms with E-state index in [1.165, 1.54) is 16.9 Å². The van der Waals surface area contributed by atoms with Crippen LogP contribution in [0.4, 0.5) is 0 Å². The summed E-state index contributed by atoms with van der Waals surface area (Å²) < 4.78 is 17.3. The predicted octanol–water partition coefficient (Wildman–Crippen LogP) is 2.05. The number of hydrogen-bond acceptors (Lipinski definition) is 6. The Bertz CT molecular complexity index is 978. The van der Waals surface area contributed by atoms with Crippen molar-refractivity contribution in [2.75, 3.05) is 7.11 Å². The minimum Gasteiger partial charge on any atom is -0.497 e. The fourth-order valence-corrected chi connectivity index (χ4v) is 2.58. The van der Waals surface area contributed by atoms with Crippen molar-refractivity contribution in [1.29, 1.82) is 0 Å². The molecule has 0 atom stereocenters. The molecular formula is C20H21N3O5. The Balaban J connectivity index is 1.69. The summed E-state index contributed by atoms with van der Waals surface area (Å²) in [5.74, 6) is 1.99. The van der Waals surface area contributed by atoms with Crippen LogP contribution in [0.15, 0.2) is 57.9 Å². The van der Waals surface area contributed by atoms with Crippen molar-refractivity contribution in [2.45, 2.75) is 26.6 Å². The Morgan fingerprint density at radius 1 is 1.21 bits per heavy atom. The average Bonchev–Trinajstić information content (AvgIpc) is 3.21. The number of carbonyl (C=O) groups excluding carboxylic acids is 1. The van der Waals surface area contributed by atoms with E-state index in [2.05, 4.69) is 10.3 Å². The van der Waals surface area contributed by atoms with Crippen molar-refractivity contribution >= 4 is 5.91 Å². The van der Waals surface area contributed by atoms with Crippen LogP contribution in [-0.4, -0.2) is 22.6 Å². The van der Waals surface area contributed by atoms with Gasteiger partial charge in [-0.1, -0.05) is 0 Å². The van der Waals surface area contributed by atoms with Gasteiger partial charge in [0.15, 0.2) is 0 Å². The number of nitrogens with zero attached hydrogens (tertiary/aromatic N) is 2. The van der Waals surface area contributed by atoms with Crippen LogP contribution in [0.1, 0.15) is 17.3 Å². The number of nitrogens with one attached hydrogen (secondary N) is 1. The van der Waals surface area contributed by atoms with Crippen molar-refractivity contribution < 1.29 is 18.7 Å². The van der Waals surface area contributed by atoms with E-state index in [4.69, 9.17) is 13.9 Å². The number of benzene rings is 1. The fraction of sp³-hybridized carbons (Fsp3) is 0.250. The molecular weight excluding hydrogens is 362 g/mol. The van der Waals surface area contributed by atoms with Crippen LogP contribution in [0, 0.1) is 6.92 Å². The van der Waals surface area contributed by atoms with Crippen LogP contribution >= 0.6 is 0 Å². The molecule has 0 bridgehead atoms. The highest BCUT2D eigenvalue weighted by Crippen LogP contribution is 2.17. The first-order valence-electron chi connectivity index (χ1n) is 8.68. The first kappa shape index (κ1) is 19.2. The maximum absolute atomic E-state index is 12.4. The summed E-state index contributed by atoms with van der Waals surface area (Å²) in [6.07, 6.45) is 1.53. The monoisotopic (exact) mass is 383 g/mol. The molecule has 2 aromatic heterocycles. The lowest BCUT2D eigenvalue weighted by Crippen LogP contribution is -2.34. The molecule has 0 unspecified atom stereocenters. The Hall–Kier alpha value is -3.55. The van der Waals surface area contributed by atoms with Gasteiger partial charge >= 0.3 is 0 Å². The lowest BCUT2D eigenvalue weighted by atomic mass is 10.3. The molecule has 0 radical (unpaired) electrons. The third kappa shape index (κ3) is 5.00. The molecule has 28 heavy (non-hydrogen) atoms. The van der Waals surface area contributed by atoms with Crippen LogP contribution in [0.5, 0.6) is 11.5 Å². The summed E-state index contributed by atoms with van der Waals surface area (Å²) in [6.45, 7) is 1.86. The number of aryl methyl sites for hydroxylation is 1. The highest BCUT2D eigenvalue weighted by molar-refractivity contribution is 5.75. The van der Waals surface area contributed by atoms with Gasteiger partial charge in [-0.3, -0.25) is 14.2 Å². The first-order chi connectivity index (χ1) is 13.5. The minimum absolute atomic E-state index is 0.0503. The number of amides is 1. The van der Waals surface area contributed by atoms with Crippen molar-refractivity contribution in [3.8, 4) is 11.5 Å². The number of furan rings is 1. The number of carbonyl (C=O) groups is 1. The van der Waals surface area contributed by atoms with Gasteiger partial charge in [-0.05, 0) is 43.3 Å². The molecule has 3 rings (SSSR count). The number of methoxy groups -OCH3 is 1. The molecule has 0 saturated heterocycles. The zero-order chi connectivity index (χ0) is 19.9. The second-order valence-corrected chi connectivity index (χ2v) is 6.06. The van der Waals surface area contributed by atoms with Crippen LogP contribution in [0.2, 0.25) is 0 Å². The molecule has 1 aromatic carbocycles. The van der Waals surface area contributed by atoms with Crippen LogP contribution in [-0.2, 0) is 24.5 Å². The molecule has 1 N–H and O–H groups in total. The van der Waals surface area contributed by atoms with E-state index < -0.39 is 0 Å². The van der Waals surface area contributed by atoms with Gasteiger partial charge in [-0.2, -0.15) is 0 Å². The summed E-state index contributed by atoms with van der Waals surface area (Å²) in [7, 11) is 1.59. The van der Waals surface area contributed by atoms with Crippen molar-refractivity contribution in [1.82, 2.24) is 14.9 Å². The normalized spacial score (nSPS) is 10.5. The number of hydrogen-bond donors (Lipinski definition) is 1. The quantitative estimate of drug-likeness (QED) is 0.640. The van der Waals surface area contributed by atoms with Gasteiger partial charge in [-0.15, -0.1) is 0 Å². The molecule has 0 fully saturated rings. The fourth-order valence-electron chi connectivity index (χ4n) is 2.58. The Labute approximate surface area is 161 Å². The molecule has 1 amide bonds. The van der Waals surface area contributed by atoms with E-state index in [1.54, 1.807) is 50.4 Å². The van der Waals surface area contributed by atoms with Crippen molar-refractivity contribution in [3.05, 3.63) is 76.4 Å². The standard InChI is InChI=1S/C20H21N3O5/c1-14-10-20(25)23(12-19(24)21-11-17-4-3-9-27-17)18(22-14)13-28-16-7-5-15(26-2)6-8-16/h3-10H,11-13H2,1-2H3,(H,21,24). The van der Waals surface area contributed by atoms with E-state index in [9.17, 15) is 9.59 Å². The molecule has 8 heteroatoms. The molecule has 0 spiro atoms. The lowest BCUT2D eigenvalue weighted by molar-refractivity contribution is -0.122. The van der Waals surface area contributed by atoms with Gasteiger partial charge in [0.25, 0.3) is 5.56 Å². The lowest BCUT2D eigenvalue weighted by Gasteiger charge is -2.13. The van der Waals surface area contributed by atoms with Crippen molar-refractivity contribution in [2.24, 2.45) is 0 Å². The third-order valence-corrected chi connectivity index (χ3v) is 3.98. The minimum atomic E-state index is -0.324. The summed E-state index contributed by atoms with van der Waals surface area (Å²) in [5, 5.41) is 2.71. The van der Waals surface area contributed by atoms with E-state index in [0.717, 1.165) is 0 Å². The summed E-state index contributed by atoms with van der Waals surface area (Å²) in [4.78, 5) is 29.0. The van der Waals surface area contributed by atoms with E-state index in [-0.39, 0.29) is 31.2 Å². The maximum atomic E-state index is 12.4. The topological polar surface area (TPSA) is 95.6 Å². The molecule has 0 saturated carbocycles. The highest BCUT2D eigenvalue weighted by atomic mass is 16.5. The van der Waals surface area contributed by atoms with E-state index in [0.29, 0.717) is 28.8 Å². The van der Waals surface area contributed by atoms with Gasteiger partial charge in [0.05, 0.1) is 19.9 Å². The van der Waals surface area contributed by atoms with Gasteiger partial charge in [0.2, 0.25) is 5.91 Å². The van der Waals surface area contributed by atoms with E-state index in [1.807, 2.05) is 0 Å². The molecule has 8 nitrogen and oxygen atoms in total. The Morgan fingerprint density at radius 3 is 2.64 bits per heavy atom. The SMILES string of the molecule is COc1ccc(OCc2nc(C)cc(=O)n2CC(=O)NCc2ccco2)cc1. The molecule has 146 valence electrons. The van der Waals surface area contributed by atoms with Gasteiger partial charge in [0, 0.05) is 11.8 Å². The zero-order valence-corrected chi connectivity index (χ0v) is 15.7. The number of rotatable bonds is 8. The van der Waals surface area contributed by atoms with Crippen LogP contribution in [0.3, 0.4) is 0 Å². The van der Waals surface area contributed by atoms with Crippen molar-refractivity contribution in [3.63, 3.8) is 0 Å². The third-order valence-electron chi connectivity index (χ3n) is 3.98. The Morgan fingerprint density at radius 2 is 1.96 bits per heavy atom. The smallest absolute Gasteiger partial charge is 0.254 e. The summed E-state index contributed by atoms with van der Waals surface area (Å²) >= 11 is 0. The second kappa shape index (κ2) is 8.90. The molecule has 0 aliphatic carbocycles. The summed E-state index contributed by atoms with van der Waals surface area (Å²) in [5.41, 5.74) is 0.250. The molecule has 3 aromatic rings.